The smallest absolute Gasteiger partial charge is 0.250 e. The molecular weight excluding hydrogens is 232 g/mol. The number of nitrogens with zero attached hydrogens (tertiary/aromatic N) is 1. The Labute approximate surface area is 104 Å². The van der Waals surface area contributed by atoms with Crippen LogP contribution in [-0.4, -0.2) is 25.4 Å². The Balaban J connectivity index is 2.34. The molecule has 0 fully saturated rings. The molecule has 0 aliphatic heterocycles. The number of Topliss-reactive ketones (excluding diaryl/α,β-unsaturated/α-hetero) is 1. The summed E-state index contributed by atoms with van der Waals surface area (Å²) in [6, 6.07) is 5.23. The minimum absolute atomic E-state index is 0.0521. The Bertz CT molecular complexity index is 558. The van der Waals surface area contributed by atoms with Crippen molar-refractivity contribution in [1.82, 2.24) is 0 Å². The topological polar surface area (TPSA) is 79.2 Å². The monoisotopic (exact) mass is 244 g/mol. The number of ketones is 1. The predicted molar refractivity (Wildman–Crippen MR) is 64.3 cm³/mol. The van der Waals surface area contributed by atoms with Crippen LogP contribution in [0.5, 0.6) is 0 Å². The largest absolute Gasteiger partial charge is 0.375 e. The highest BCUT2D eigenvalue weighted by molar-refractivity contribution is 6.02. The Hall–Kier alpha value is -2.19. The summed E-state index contributed by atoms with van der Waals surface area (Å²) in [5.74, 6) is -0.269. The summed E-state index contributed by atoms with van der Waals surface area (Å²) >= 11 is 0. The third-order valence-corrected chi connectivity index (χ3v) is 2.84. The lowest BCUT2D eigenvalue weighted by Gasteiger charge is -2.08. The summed E-state index contributed by atoms with van der Waals surface area (Å²) in [7, 11) is 1.42. The fourth-order valence-electron chi connectivity index (χ4n) is 2.01. The van der Waals surface area contributed by atoms with E-state index in [2.05, 4.69) is 5.32 Å². The van der Waals surface area contributed by atoms with E-state index in [1.165, 1.54) is 7.11 Å². The van der Waals surface area contributed by atoms with E-state index in [-0.39, 0.29) is 18.3 Å². The highest BCUT2D eigenvalue weighted by Gasteiger charge is 2.22. The van der Waals surface area contributed by atoms with Crippen LogP contribution in [0.25, 0.3) is 0 Å². The number of hydrogen-bond acceptors (Lipinski definition) is 4. The number of fused-ring (bicyclic) bond motifs is 1. The number of methoxy groups -OCH3 is 1. The number of ether oxygens (including phenoxy) is 1. The van der Waals surface area contributed by atoms with Crippen LogP contribution < -0.4 is 5.32 Å². The van der Waals surface area contributed by atoms with Crippen molar-refractivity contribution >= 4 is 17.4 Å². The van der Waals surface area contributed by atoms with Gasteiger partial charge in [0.2, 0.25) is 5.91 Å². The molecule has 92 valence electrons. The van der Waals surface area contributed by atoms with Gasteiger partial charge in [-0.25, -0.2) is 0 Å². The van der Waals surface area contributed by atoms with Crippen LogP contribution in [0.3, 0.4) is 0 Å². The van der Waals surface area contributed by atoms with Gasteiger partial charge in [0.05, 0.1) is 11.3 Å². The van der Waals surface area contributed by atoms with E-state index in [1.807, 2.05) is 6.07 Å². The Morgan fingerprint density at radius 2 is 2.28 bits per heavy atom. The van der Waals surface area contributed by atoms with E-state index in [0.29, 0.717) is 29.7 Å². The number of anilines is 1. The zero-order valence-corrected chi connectivity index (χ0v) is 9.95. The van der Waals surface area contributed by atoms with Crippen LogP contribution in [-0.2, 0) is 16.0 Å². The summed E-state index contributed by atoms with van der Waals surface area (Å²) in [4.78, 5) is 23.0. The average molecular weight is 244 g/mol. The SMILES string of the molecule is COCC(=O)Nc1cc2c(cc1C#N)C(=O)CC2. The molecule has 1 aromatic rings. The van der Waals surface area contributed by atoms with E-state index >= 15 is 0 Å². The molecule has 1 aliphatic carbocycles. The van der Waals surface area contributed by atoms with Crippen molar-refractivity contribution < 1.29 is 14.3 Å². The van der Waals surface area contributed by atoms with Gasteiger partial charge in [-0.05, 0) is 24.1 Å². The van der Waals surface area contributed by atoms with Gasteiger partial charge in [-0.3, -0.25) is 9.59 Å². The number of benzene rings is 1. The second-order valence-electron chi connectivity index (χ2n) is 4.07. The molecule has 5 nitrogen and oxygen atoms in total. The summed E-state index contributed by atoms with van der Waals surface area (Å²) < 4.78 is 4.71. The van der Waals surface area contributed by atoms with Gasteiger partial charge < -0.3 is 10.1 Å². The number of hydrogen-bond donors (Lipinski definition) is 1. The Morgan fingerprint density at radius 1 is 1.50 bits per heavy atom. The number of nitriles is 1. The third kappa shape index (κ3) is 2.24. The molecule has 0 atom stereocenters. The first-order valence-corrected chi connectivity index (χ1v) is 5.54. The van der Waals surface area contributed by atoms with E-state index in [1.54, 1.807) is 12.1 Å². The Kier molecular flexibility index (Phi) is 3.40. The summed E-state index contributed by atoms with van der Waals surface area (Å²) in [5, 5.41) is 11.6. The molecule has 0 unspecified atom stereocenters. The molecule has 1 aliphatic rings. The van der Waals surface area contributed by atoms with Gasteiger partial charge in [-0.1, -0.05) is 0 Å². The van der Waals surface area contributed by atoms with Crippen molar-refractivity contribution in [3.8, 4) is 6.07 Å². The maximum Gasteiger partial charge on any atom is 0.250 e. The minimum Gasteiger partial charge on any atom is -0.375 e. The van der Waals surface area contributed by atoms with Gasteiger partial charge in [0.1, 0.15) is 12.7 Å². The fraction of sp³-hybridized carbons (Fsp3) is 0.308. The van der Waals surface area contributed by atoms with Crippen molar-refractivity contribution in [3.05, 3.63) is 28.8 Å². The molecule has 1 amide bonds. The highest BCUT2D eigenvalue weighted by atomic mass is 16.5. The molecule has 0 heterocycles. The second-order valence-corrected chi connectivity index (χ2v) is 4.07. The van der Waals surface area contributed by atoms with Gasteiger partial charge in [0.15, 0.2) is 5.78 Å². The molecule has 0 radical (unpaired) electrons. The average Bonchev–Trinajstić information content (AvgIpc) is 2.70. The first-order chi connectivity index (χ1) is 8.65. The lowest BCUT2D eigenvalue weighted by molar-refractivity contribution is -0.119. The van der Waals surface area contributed by atoms with Crippen LogP contribution in [0.4, 0.5) is 5.69 Å². The van der Waals surface area contributed by atoms with E-state index < -0.39 is 0 Å². The van der Waals surface area contributed by atoms with Crippen molar-refractivity contribution in [2.24, 2.45) is 0 Å². The maximum absolute atomic E-state index is 11.6. The number of aryl methyl sites for hydroxylation is 1. The number of nitrogens with one attached hydrogen (secondary N) is 1. The minimum atomic E-state index is -0.321. The molecule has 1 N–H and O–H groups in total. The van der Waals surface area contributed by atoms with Crippen molar-refractivity contribution in [2.45, 2.75) is 12.8 Å². The molecule has 0 spiro atoms. The number of carbonyl (C=O) groups is 2. The first-order valence-electron chi connectivity index (χ1n) is 5.54. The molecular formula is C13H12N2O3. The van der Waals surface area contributed by atoms with Crippen LogP contribution in [0.2, 0.25) is 0 Å². The first kappa shape index (κ1) is 12.3. The van der Waals surface area contributed by atoms with Gasteiger partial charge in [-0.2, -0.15) is 5.26 Å². The lowest BCUT2D eigenvalue weighted by atomic mass is 10.0. The maximum atomic E-state index is 11.6. The van der Waals surface area contributed by atoms with Crippen molar-refractivity contribution in [1.29, 1.82) is 5.26 Å². The van der Waals surface area contributed by atoms with Gasteiger partial charge in [0, 0.05) is 19.1 Å². The standard InChI is InChI=1S/C13H12N2O3/c1-18-7-13(17)15-11-5-8-2-3-12(16)10(8)4-9(11)6-14/h4-5H,2-3,7H2,1H3,(H,15,17). The lowest BCUT2D eigenvalue weighted by Crippen LogP contribution is -2.18. The molecule has 2 rings (SSSR count). The van der Waals surface area contributed by atoms with Crippen LogP contribution >= 0.6 is 0 Å². The number of carbonyl (C=O) groups excluding carboxylic acids is 2. The molecule has 18 heavy (non-hydrogen) atoms. The molecule has 0 saturated heterocycles. The summed E-state index contributed by atoms with van der Waals surface area (Å²) in [5.41, 5.74) is 2.21. The molecule has 1 aromatic carbocycles. The molecule has 5 heteroatoms. The zero-order chi connectivity index (χ0) is 13.1. The van der Waals surface area contributed by atoms with Crippen molar-refractivity contribution in [3.63, 3.8) is 0 Å². The highest BCUT2D eigenvalue weighted by Crippen LogP contribution is 2.28. The summed E-state index contributed by atoms with van der Waals surface area (Å²) in [6.45, 7) is -0.0686. The molecule has 0 saturated carbocycles. The van der Waals surface area contributed by atoms with Crippen LogP contribution in [0, 0.1) is 11.3 Å². The second kappa shape index (κ2) is 4.98. The number of rotatable bonds is 3. The summed E-state index contributed by atoms with van der Waals surface area (Å²) in [6.07, 6.45) is 1.13. The Morgan fingerprint density at radius 3 is 2.94 bits per heavy atom. The normalized spacial score (nSPS) is 13.0. The van der Waals surface area contributed by atoms with Gasteiger partial charge >= 0.3 is 0 Å². The predicted octanol–water partition coefficient (Wildman–Crippen LogP) is 1.27. The quantitative estimate of drug-likeness (QED) is 0.868. The molecule has 0 bridgehead atoms. The van der Waals surface area contributed by atoms with E-state index in [9.17, 15) is 9.59 Å². The van der Waals surface area contributed by atoms with Crippen LogP contribution in [0.1, 0.15) is 27.9 Å². The van der Waals surface area contributed by atoms with E-state index in [0.717, 1.165) is 5.56 Å². The zero-order valence-electron chi connectivity index (χ0n) is 9.95. The van der Waals surface area contributed by atoms with E-state index in [4.69, 9.17) is 10.00 Å². The fourth-order valence-corrected chi connectivity index (χ4v) is 2.01. The van der Waals surface area contributed by atoms with Gasteiger partial charge in [-0.15, -0.1) is 0 Å². The molecule has 0 aromatic heterocycles. The number of amides is 1. The van der Waals surface area contributed by atoms with Crippen molar-refractivity contribution in [2.75, 3.05) is 19.0 Å². The van der Waals surface area contributed by atoms with Gasteiger partial charge in [0.25, 0.3) is 0 Å². The van der Waals surface area contributed by atoms with Crippen LogP contribution in [0.15, 0.2) is 12.1 Å². The third-order valence-electron chi connectivity index (χ3n) is 2.84.